The van der Waals surface area contributed by atoms with Crippen LogP contribution >= 0.6 is 11.6 Å². The van der Waals surface area contributed by atoms with Crippen LogP contribution in [0.15, 0.2) is 104 Å². The number of halogens is 1. The topological polar surface area (TPSA) is 124 Å². The summed E-state index contributed by atoms with van der Waals surface area (Å²) in [5.74, 6) is -0.413. The van der Waals surface area contributed by atoms with E-state index in [1.165, 1.54) is 6.33 Å². The lowest BCUT2D eigenvalue weighted by molar-refractivity contribution is 0.0362. The number of morpholine rings is 1. The summed E-state index contributed by atoms with van der Waals surface area (Å²) in [5.41, 5.74) is 9.70. The molecule has 1 aliphatic rings. The number of hydrogen-bond donors (Lipinski definition) is 2. The lowest BCUT2D eigenvalue weighted by atomic mass is 9.96. The van der Waals surface area contributed by atoms with Crippen molar-refractivity contribution < 1.29 is 24.2 Å². The quantitative estimate of drug-likeness (QED) is 0.0933. The molecule has 4 aromatic carbocycles. The smallest absolute Gasteiger partial charge is 0.352 e. The van der Waals surface area contributed by atoms with Crippen LogP contribution in [0, 0.1) is 13.8 Å². The first kappa shape index (κ1) is 40.8. The van der Waals surface area contributed by atoms with Crippen LogP contribution < -0.4 is 10.1 Å². The molecule has 8 rings (SSSR count). The summed E-state index contributed by atoms with van der Waals surface area (Å²) in [5, 5.41) is 16.7. The van der Waals surface area contributed by atoms with Crippen LogP contribution in [0.4, 0.5) is 0 Å². The monoisotopic (exact) mass is 824 g/mol. The van der Waals surface area contributed by atoms with Crippen molar-refractivity contribution in [3.8, 4) is 16.9 Å². The Balaban J connectivity index is 1.12. The number of carbonyl (C=O) groups is 2. The van der Waals surface area contributed by atoms with Gasteiger partial charge >= 0.3 is 5.97 Å². The largest absolute Gasteiger partial charge is 0.494 e. The van der Waals surface area contributed by atoms with Gasteiger partial charge in [-0.3, -0.25) is 9.69 Å². The highest BCUT2D eigenvalue weighted by Crippen LogP contribution is 2.38. The fourth-order valence-corrected chi connectivity index (χ4v) is 8.61. The van der Waals surface area contributed by atoms with Gasteiger partial charge in [-0.25, -0.2) is 14.8 Å². The minimum absolute atomic E-state index is 0.232. The number of amides is 1. The average Bonchev–Trinajstić information content (AvgIpc) is 3.79. The Morgan fingerprint density at radius 2 is 1.63 bits per heavy atom. The summed E-state index contributed by atoms with van der Waals surface area (Å²) >= 11 is 6.41. The van der Waals surface area contributed by atoms with Crippen molar-refractivity contribution in [1.29, 1.82) is 0 Å². The van der Waals surface area contributed by atoms with Crippen LogP contribution in [0.1, 0.15) is 55.2 Å². The summed E-state index contributed by atoms with van der Waals surface area (Å²) in [6.07, 6.45) is 6.93. The van der Waals surface area contributed by atoms with Crippen LogP contribution in [0.25, 0.3) is 32.9 Å². The van der Waals surface area contributed by atoms with Crippen molar-refractivity contribution in [3.63, 3.8) is 0 Å². The summed E-state index contributed by atoms with van der Waals surface area (Å²) in [6.45, 7) is 9.61. The standard InChI is InChI=1S/C48H49ClN6O5/c1-32-27-36(28-33(2)44(32)49)60-24-8-14-41-40-13-7-12-39(45(40)55(46(41)48(57)58)21-20-53-22-25-59-26-23-53)37-10-4-3-9-34(37)29-54-30-35(38-11-5-6-15-43(38)54)16-19-51-47(56)42-17-18-50-31-52-42/h3-7,9-13,15,17-18,27-28,30-31H,8,14,16,19-26,29H2,1-2H3,(H,51,56)(H,57,58). The molecular weight excluding hydrogens is 776 g/mol. The number of carbonyl (C=O) groups excluding carboxylic acids is 1. The van der Waals surface area contributed by atoms with Gasteiger partial charge in [-0.15, -0.1) is 0 Å². The van der Waals surface area contributed by atoms with Crippen molar-refractivity contribution in [3.05, 3.63) is 148 Å². The van der Waals surface area contributed by atoms with E-state index in [2.05, 4.69) is 79.5 Å². The minimum atomic E-state index is -0.938. The zero-order valence-electron chi connectivity index (χ0n) is 34.0. The molecule has 12 heteroatoms. The number of benzene rings is 4. The zero-order chi connectivity index (χ0) is 41.6. The number of rotatable bonds is 16. The third-order valence-electron chi connectivity index (χ3n) is 11.4. The molecule has 0 bridgehead atoms. The number of hydrogen-bond acceptors (Lipinski definition) is 7. The Labute approximate surface area is 354 Å². The first-order valence-electron chi connectivity index (χ1n) is 20.5. The average molecular weight is 825 g/mol. The SMILES string of the molecule is Cc1cc(OCCCc2c(C(=O)O)n(CCN3CCOCC3)c3c(-c4ccccc4Cn4cc(CCNC(=O)c5ccncn5)c5ccccc54)cccc23)cc(C)c1Cl. The molecule has 2 N–H and O–H groups in total. The van der Waals surface area contributed by atoms with Gasteiger partial charge < -0.3 is 29.0 Å². The van der Waals surface area contributed by atoms with Gasteiger partial charge in [0, 0.05) is 78.5 Å². The molecule has 0 unspecified atom stereocenters. The van der Waals surface area contributed by atoms with Crippen molar-refractivity contribution >= 4 is 45.3 Å². The minimum Gasteiger partial charge on any atom is -0.494 e. The number of aromatic nitrogens is 4. The van der Waals surface area contributed by atoms with Gasteiger partial charge in [0.25, 0.3) is 5.91 Å². The number of ether oxygens (including phenoxy) is 2. The highest BCUT2D eigenvalue weighted by atomic mass is 35.5. The predicted octanol–water partition coefficient (Wildman–Crippen LogP) is 8.39. The normalized spacial score (nSPS) is 13.2. The third-order valence-corrected chi connectivity index (χ3v) is 12.0. The number of nitrogens with one attached hydrogen (secondary N) is 1. The highest BCUT2D eigenvalue weighted by Gasteiger charge is 2.26. The van der Waals surface area contributed by atoms with Gasteiger partial charge in [-0.05, 0) is 90.8 Å². The van der Waals surface area contributed by atoms with Crippen molar-refractivity contribution in [2.75, 3.05) is 46.0 Å². The van der Waals surface area contributed by atoms with E-state index in [0.717, 1.165) is 84.6 Å². The van der Waals surface area contributed by atoms with Crippen LogP contribution in [-0.4, -0.2) is 87.0 Å². The lowest BCUT2D eigenvalue weighted by Crippen LogP contribution is -2.38. The molecule has 308 valence electrons. The van der Waals surface area contributed by atoms with E-state index < -0.39 is 5.97 Å². The fourth-order valence-electron chi connectivity index (χ4n) is 8.50. The molecule has 0 spiro atoms. The van der Waals surface area contributed by atoms with E-state index in [4.69, 9.17) is 21.1 Å². The molecule has 3 aromatic heterocycles. The molecule has 60 heavy (non-hydrogen) atoms. The zero-order valence-corrected chi connectivity index (χ0v) is 34.8. The molecule has 1 fully saturated rings. The maximum Gasteiger partial charge on any atom is 0.352 e. The number of aromatic carboxylic acids is 1. The van der Waals surface area contributed by atoms with Gasteiger partial charge in [0.2, 0.25) is 0 Å². The molecule has 4 heterocycles. The van der Waals surface area contributed by atoms with Crippen LogP contribution in [0.3, 0.4) is 0 Å². The van der Waals surface area contributed by atoms with Gasteiger partial charge in [0.05, 0.1) is 25.3 Å². The summed E-state index contributed by atoms with van der Waals surface area (Å²) < 4.78 is 16.1. The van der Waals surface area contributed by atoms with Crippen molar-refractivity contribution in [2.24, 2.45) is 0 Å². The number of para-hydroxylation sites is 2. The molecule has 11 nitrogen and oxygen atoms in total. The second kappa shape index (κ2) is 18.5. The third kappa shape index (κ3) is 8.79. The van der Waals surface area contributed by atoms with Gasteiger partial charge in [0.15, 0.2) is 0 Å². The Morgan fingerprint density at radius 1 is 0.883 bits per heavy atom. The number of fused-ring (bicyclic) bond motifs is 2. The Kier molecular flexibility index (Phi) is 12.6. The lowest BCUT2D eigenvalue weighted by Gasteiger charge is -2.27. The van der Waals surface area contributed by atoms with Crippen LogP contribution in [-0.2, 0) is 30.7 Å². The fraction of sp³-hybridized carbons (Fsp3) is 0.292. The Morgan fingerprint density at radius 3 is 2.42 bits per heavy atom. The number of carboxylic acid groups (broad SMARTS) is 1. The maximum atomic E-state index is 13.4. The molecule has 0 atom stereocenters. The van der Waals surface area contributed by atoms with E-state index in [9.17, 15) is 14.7 Å². The van der Waals surface area contributed by atoms with E-state index in [1.54, 1.807) is 12.3 Å². The van der Waals surface area contributed by atoms with Crippen LogP contribution in [0.2, 0.25) is 5.02 Å². The second-order valence-corrected chi connectivity index (χ2v) is 15.7. The summed E-state index contributed by atoms with van der Waals surface area (Å²) in [6, 6.07) is 28.5. The maximum absolute atomic E-state index is 13.4. The van der Waals surface area contributed by atoms with E-state index in [1.807, 2.05) is 48.7 Å². The molecule has 0 radical (unpaired) electrons. The first-order chi connectivity index (χ1) is 29.3. The van der Waals surface area contributed by atoms with Crippen molar-refractivity contribution in [2.45, 2.75) is 46.2 Å². The summed E-state index contributed by atoms with van der Waals surface area (Å²) in [7, 11) is 0. The summed E-state index contributed by atoms with van der Waals surface area (Å²) in [4.78, 5) is 36.4. The van der Waals surface area contributed by atoms with Gasteiger partial charge in [-0.1, -0.05) is 72.3 Å². The van der Waals surface area contributed by atoms with E-state index in [0.29, 0.717) is 76.6 Å². The molecular formula is C48H49ClN6O5. The number of aryl methyl sites for hydroxylation is 3. The van der Waals surface area contributed by atoms with E-state index in [-0.39, 0.29) is 5.91 Å². The molecule has 0 saturated carbocycles. The molecule has 7 aromatic rings. The molecule has 1 aliphatic heterocycles. The van der Waals surface area contributed by atoms with Crippen molar-refractivity contribution in [1.82, 2.24) is 29.3 Å². The molecule has 1 amide bonds. The number of carboxylic acids is 1. The molecule has 0 aliphatic carbocycles. The van der Waals surface area contributed by atoms with E-state index >= 15 is 0 Å². The van der Waals surface area contributed by atoms with Crippen LogP contribution in [0.5, 0.6) is 5.75 Å². The van der Waals surface area contributed by atoms with Gasteiger partial charge in [-0.2, -0.15) is 0 Å². The predicted molar refractivity (Wildman–Crippen MR) is 235 cm³/mol. The Hall–Kier alpha value is -6.01. The first-order valence-corrected chi connectivity index (χ1v) is 20.9. The highest BCUT2D eigenvalue weighted by molar-refractivity contribution is 6.32. The van der Waals surface area contributed by atoms with Gasteiger partial charge in [0.1, 0.15) is 23.5 Å². The Bertz CT molecular complexity index is 2630. The molecule has 1 saturated heterocycles. The second-order valence-electron chi connectivity index (χ2n) is 15.3. The number of nitrogens with zero attached hydrogens (tertiary/aromatic N) is 5.